The number of nitrogens with zero attached hydrogens (tertiary/aromatic N) is 1. The van der Waals surface area contributed by atoms with Crippen molar-refractivity contribution in [1.82, 2.24) is 4.98 Å². The van der Waals surface area contributed by atoms with Gasteiger partial charge in [0.2, 0.25) is 5.91 Å². The number of nitrogens with one attached hydrogen (secondary N) is 1. The topological polar surface area (TPSA) is 77.2 Å². The van der Waals surface area contributed by atoms with E-state index >= 15 is 0 Å². The van der Waals surface area contributed by atoms with Gasteiger partial charge in [0.15, 0.2) is 5.13 Å². The second kappa shape index (κ2) is 9.53. The van der Waals surface area contributed by atoms with Gasteiger partial charge >= 0.3 is 0 Å². The summed E-state index contributed by atoms with van der Waals surface area (Å²) in [7, 11) is 1.55. The van der Waals surface area contributed by atoms with E-state index in [1.807, 2.05) is 18.2 Å². The van der Waals surface area contributed by atoms with E-state index in [0.29, 0.717) is 11.7 Å². The molecular formula is C15H20ClN3O2S. The molecule has 0 spiro atoms. The minimum Gasteiger partial charge on any atom is -0.380 e. The van der Waals surface area contributed by atoms with Gasteiger partial charge in [-0.2, -0.15) is 0 Å². The van der Waals surface area contributed by atoms with Crippen LogP contribution >= 0.6 is 23.7 Å². The number of halogens is 1. The molecule has 0 aliphatic heterocycles. The van der Waals surface area contributed by atoms with Crippen molar-refractivity contribution in [3.05, 3.63) is 47.0 Å². The zero-order chi connectivity index (χ0) is 15.1. The summed E-state index contributed by atoms with van der Waals surface area (Å²) < 4.78 is 5.09. The summed E-state index contributed by atoms with van der Waals surface area (Å²) in [4.78, 5) is 17.2. The van der Waals surface area contributed by atoms with Gasteiger partial charge < -0.3 is 15.8 Å². The van der Waals surface area contributed by atoms with Gasteiger partial charge in [-0.15, -0.1) is 23.7 Å². The number of hydrogen-bond acceptors (Lipinski definition) is 5. The van der Waals surface area contributed by atoms with E-state index in [2.05, 4.69) is 22.4 Å². The number of carbonyl (C=O) groups is 1. The Labute approximate surface area is 140 Å². The number of nitrogens with two attached hydrogens (primary N) is 1. The highest BCUT2D eigenvalue weighted by Crippen LogP contribution is 2.21. The molecule has 0 fully saturated rings. The monoisotopic (exact) mass is 341 g/mol. The summed E-state index contributed by atoms with van der Waals surface area (Å²) in [5.41, 5.74) is 6.72. The fourth-order valence-electron chi connectivity index (χ4n) is 1.88. The van der Waals surface area contributed by atoms with Crippen LogP contribution in [-0.2, 0) is 16.0 Å². The van der Waals surface area contributed by atoms with Crippen molar-refractivity contribution in [2.45, 2.75) is 18.9 Å². The maximum Gasteiger partial charge on any atom is 0.228 e. The molecule has 2 rings (SSSR count). The number of thiazole rings is 1. The number of amides is 1. The molecule has 1 aromatic heterocycles. The molecule has 22 heavy (non-hydrogen) atoms. The Bertz CT molecular complexity index is 573. The lowest BCUT2D eigenvalue weighted by Crippen LogP contribution is -2.28. The number of methoxy groups -OCH3 is 1. The second-order valence-corrected chi connectivity index (χ2v) is 5.76. The van der Waals surface area contributed by atoms with Crippen LogP contribution in [0.3, 0.4) is 0 Å². The predicted molar refractivity (Wildman–Crippen MR) is 91.7 cm³/mol. The van der Waals surface area contributed by atoms with Crippen molar-refractivity contribution in [2.75, 3.05) is 19.0 Å². The van der Waals surface area contributed by atoms with Crippen LogP contribution in [0.5, 0.6) is 0 Å². The normalized spacial score (nSPS) is 11.5. The second-order valence-electron chi connectivity index (χ2n) is 4.64. The Hall–Kier alpha value is -1.47. The van der Waals surface area contributed by atoms with E-state index < -0.39 is 0 Å². The predicted octanol–water partition coefficient (Wildman–Crippen LogP) is 2.46. The third-order valence-corrected chi connectivity index (χ3v) is 3.94. The third-order valence-electron chi connectivity index (χ3n) is 3.03. The molecule has 1 aromatic carbocycles. The van der Waals surface area contributed by atoms with Gasteiger partial charge in [-0.05, 0) is 5.56 Å². The van der Waals surface area contributed by atoms with E-state index in [-0.39, 0.29) is 30.8 Å². The van der Waals surface area contributed by atoms with E-state index in [1.54, 1.807) is 13.3 Å². The standard InChI is InChI=1S/C15H19N3O2S.ClH/c1-20-12(9-16)8-14(19)18-15-17-10-13(21-15)7-11-5-3-2-4-6-11;/h2-6,10,12H,7-9,16H2,1H3,(H,17,18,19);1H. The SMILES string of the molecule is COC(CN)CC(=O)Nc1ncc(Cc2ccccc2)s1.Cl. The number of anilines is 1. The highest BCUT2D eigenvalue weighted by atomic mass is 35.5. The molecule has 2 aromatic rings. The molecule has 0 aliphatic rings. The molecule has 1 unspecified atom stereocenters. The van der Waals surface area contributed by atoms with Gasteiger partial charge in [0.05, 0.1) is 12.5 Å². The van der Waals surface area contributed by atoms with Crippen molar-refractivity contribution in [1.29, 1.82) is 0 Å². The molecule has 120 valence electrons. The van der Waals surface area contributed by atoms with Crippen molar-refractivity contribution < 1.29 is 9.53 Å². The Kier molecular flexibility index (Phi) is 8.05. The first kappa shape index (κ1) is 18.6. The van der Waals surface area contributed by atoms with E-state index in [9.17, 15) is 4.79 Å². The largest absolute Gasteiger partial charge is 0.380 e. The zero-order valence-electron chi connectivity index (χ0n) is 12.3. The van der Waals surface area contributed by atoms with Crippen LogP contribution in [0, 0.1) is 0 Å². The Morgan fingerprint density at radius 1 is 1.41 bits per heavy atom. The molecule has 1 atom stereocenters. The number of carbonyl (C=O) groups excluding carboxylic acids is 1. The van der Waals surface area contributed by atoms with Crippen molar-refractivity contribution >= 4 is 34.8 Å². The smallest absolute Gasteiger partial charge is 0.228 e. The van der Waals surface area contributed by atoms with Gasteiger partial charge in [0.25, 0.3) is 0 Å². The lowest BCUT2D eigenvalue weighted by molar-refractivity contribution is -0.118. The third kappa shape index (κ3) is 5.73. The van der Waals surface area contributed by atoms with Crippen LogP contribution in [0.1, 0.15) is 16.9 Å². The van der Waals surface area contributed by atoms with Gasteiger partial charge in [0.1, 0.15) is 0 Å². The fraction of sp³-hybridized carbons (Fsp3) is 0.333. The number of hydrogen-bond donors (Lipinski definition) is 2. The molecule has 3 N–H and O–H groups in total. The Balaban J connectivity index is 0.00000242. The van der Waals surface area contributed by atoms with Gasteiger partial charge in [-0.1, -0.05) is 30.3 Å². The van der Waals surface area contributed by atoms with Crippen molar-refractivity contribution in [2.24, 2.45) is 5.73 Å². The summed E-state index contributed by atoms with van der Waals surface area (Å²) >= 11 is 1.48. The number of aromatic nitrogens is 1. The molecule has 0 radical (unpaired) electrons. The first-order valence-electron chi connectivity index (χ1n) is 6.72. The Morgan fingerprint density at radius 2 is 2.14 bits per heavy atom. The van der Waals surface area contributed by atoms with Gasteiger partial charge in [-0.25, -0.2) is 4.98 Å². The van der Waals surface area contributed by atoms with Crippen LogP contribution in [0.25, 0.3) is 0 Å². The lowest BCUT2D eigenvalue weighted by Gasteiger charge is -2.11. The van der Waals surface area contributed by atoms with Crippen LogP contribution in [0.4, 0.5) is 5.13 Å². The zero-order valence-corrected chi connectivity index (χ0v) is 14.0. The molecule has 0 aliphatic carbocycles. The number of ether oxygens (including phenoxy) is 1. The van der Waals surface area contributed by atoms with Crippen LogP contribution in [0.15, 0.2) is 36.5 Å². The minimum atomic E-state index is -0.256. The highest BCUT2D eigenvalue weighted by molar-refractivity contribution is 7.15. The summed E-state index contributed by atoms with van der Waals surface area (Å²) in [5.74, 6) is -0.132. The van der Waals surface area contributed by atoms with Crippen LogP contribution < -0.4 is 11.1 Å². The maximum atomic E-state index is 11.8. The molecule has 1 heterocycles. The minimum absolute atomic E-state index is 0. The van der Waals surface area contributed by atoms with Crippen molar-refractivity contribution in [3.8, 4) is 0 Å². The van der Waals surface area contributed by atoms with Gasteiger partial charge in [0, 0.05) is 31.1 Å². The average Bonchev–Trinajstić information content (AvgIpc) is 2.92. The van der Waals surface area contributed by atoms with E-state index in [4.69, 9.17) is 10.5 Å². The molecule has 0 saturated heterocycles. The first-order valence-corrected chi connectivity index (χ1v) is 7.54. The molecule has 0 bridgehead atoms. The van der Waals surface area contributed by atoms with E-state index in [1.165, 1.54) is 16.9 Å². The Morgan fingerprint density at radius 3 is 2.77 bits per heavy atom. The number of rotatable bonds is 7. The lowest BCUT2D eigenvalue weighted by atomic mass is 10.1. The summed E-state index contributed by atoms with van der Waals surface area (Å²) in [6, 6.07) is 10.2. The fourth-order valence-corrected chi connectivity index (χ4v) is 2.75. The van der Waals surface area contributed by atoms with E-state index in [0.717, 1.165) is 11.3 Å². The first-order chi connectivity index (χ1) is 10.2. The summed E-state index contributed by atoms with van der Waals surface area (Å²) in [6.07, 6.45) is 2.59. The molecule has 0 saturated carbocycles. The van der Waals surface area contributed by atoms with Crippen molar-refractivity contribution in [3.63, 3.8) is 0 Å². The summed E-state index contributed by atoms with van der Waals surface area (Å²) in [5, 5.41) is 3.39. The summed E-state index contributed by atoms with van der Waals surface area (Å²) in [6.45, 7) is 0.320. The maximum absolute atomic E-state index is 11.8. The highest BCUT2D eigenvalue weighted by Gasteiger charge is 2.13. The number of benzene rings is 1. The molecule has 5 nitrogen and oxygen atoms in total. The van der Waals surface area contributed by atoms with Crippen LogP contribution in [-0.4, -0.2) is 30.6 Å². The quantitative estimate of drug-likeness (QED) is 0.811. The van der Waals surface area contributed by atoms with Gasteiger partial charge in [-0.3, -0.25) is 4.79 Å². The molecule has 1 amide bonds. The van der Waals surface area contributed by atoms with Crippen LogP contribution in [0.2, 0.25) is 0 Å². The average molecular weight is 342 g/mol. The molecular weight excluding hydrogens is 322 g/mol. The molecule has 7 heteroatoms.